The third-order valence-corrected chi connectivity index (χ3v) is 3.05. The molecule has 0 aliphatic rings. The Kier molecular flexibility index (Phi) is 6.32. The van der Waals surface area contributed by atoms with Crippen LogP contribution in [0.3, 0.4) is 0 Å². The highest BCUT2D eigenvalue weighted by molar-refractivity contribution is 5.77. The highest BCUT2D eigenvalue weighted by Crippen LogP contribution is 2.27. The quantitative estimate of drug-likeness (QED) is 0.753. The van der Waals surface area contributed by atoms with Crippen molar-refractivity contribution in [3.8, 4) is 5.75 Å². The van der Waals surface area contributed by atoms with Crippen LogP contribution in [0.15, 0.2) is 24.3 Å². The van der Waals surface area contributed by atoms with E-state index in [4.69, 9.17) is 15.2 Å². The first kappa shape index (κ1) is 15.5. The standard InChI is InChI=1S/C14H22N2O3/c1-11(12-6-4-5-7-13(12)18-3)16(2)14(17)10-19-9-8-15/h4-7,11H,8-10,15H2,1-3H3. The van der Waals surface area contributed by atoms with Crippen molar-refractivity contribution in [2.45, 2.75) is 13.0 Å². The number of para-hydroxylation sites is 1. The zero-order chi connectivity index (χ0) is 14.3. The molecule has 1 atom stereocenters. The molecule has 0 radical (unpaired) electrons. The maximum Gasteiger partial charge on any atom is 0.248 e. The van der Waals surface area contributed by atoms with Gasteiger partial charge < -0.3 is 20.1 Å². The second-order valence-corrected chi connectivity index (χ2v) is 4.26. The van der Waals surface area contributed by atoms with Gasteiger partial charge in [0.2, 0.25) is 5.91 Å². The molecule has 0 heterocycles. The van der Waals surface area contributed by atoms with Gasteiger partial charge in [-0.25, -0.2) is 0 Å². The van der Waals surface area contributed by atoms with Gasteiger partial charge >= 0.3 is 0 Å². The molecule has 0 bridgehead atoms. The van der Waals surface area contributed by atoms with E-state index in [2.05, 4.69) is 0 Å². The van der Waals surface area contributed by atoms with Crippen molar-refractivity contribution >= 4 is 5.91 Å². The minimum Gasteiger partial charge on any atom is -0.496 e. The predicted molar refractivity (Wildman–Crippen MR) is 74.1 cm³/mol. The molecule has 106 valence electrons. The molecule has 0 aromatic heterocycles. The van der Waals surface area contributed by atoms with Crippen LogP contribution in [-0.2, 0) is 9.53 Å². The van der Waals surface area contributed by atoms with Crippen LogP contribution in [0.2, 0.25) is 0 Å². The predicted octanol–water partition coefficient (Wildman–Crippen LogP) is 1.19. The topological polar surface area (TPSA) is 64.8 Å². The number of hydrogen-bond donors (Lipinski definition) is 1. The van der Waals surface area contributed by atoms with Gasteiger partial charge in [-0.3, -0.25) is 4.79 Å². The third kappa shape index (κ3) is 4.22. The number of carbonyl (C=O) groups excluding carboxylic acids is 1. The molecular formula is C14H22N2O3. The first-order valence-corrected chi connectivity index (χ1v) is 6.28. The normalized spacial score (nSPS) is 12.0. The summed E-state index contributed by atoms with van der Waals surface area (Å²) in [5.41, 5.74) is 6.29. The zero-order valence-corrected chi connectivity index (χ0v) is 11.8. The van der Waals surface area contributed by atoms with Crippen molar-refractivity contribution < 1.29 is 14.3 Å². The maximum absolute atomic E-state index is 12.0. The van der Waals surface area contributed by atoms with E-state index >= 15 is 0 Å². The summed E-state index contributed by atoms with van der Waals surface area (Å²) in [6.45, 7) is 2.81. The van der Waals surface area contributed by atoms with Gasteiger partial charge in [0, 0.05) is 19.2 Å². The molecular weight excluding hydrogens is 244 g/mol. The van der Waals surface area contributed by atoms with Crippen LogP contribution in [0.1, 0.15) is 18.5 Å². The van der Waals surface area contributed by atoms with Crippen LogP contribution < -0.4 is 10.5 Å². The Bertz CT molecular complexity index is 409. The van der Waals surface area contributed by atoms with Crippen LogP contribution in [0.5, 0.6) is 5.75 Å². The average molecular weight is 266 g/mol. The molecule has 1 aromatic carbocycles. The van der Waals surface area contributed by atoms with Crippen molar-refractivity contribution in [3.63, 3.8) is 0 Å². The maximum atomic E-state index is 12.0. The molecule has 1 amide bonds. The molecule has 1 unspecified atom stereocenters. The summed E-state index contributed by atoms with van der Waals surface area (Å²) >= 11 is 0. The van der Waals surface area contributed by atoms with Gasteiger partial charge in [-0.15, -0.1) is 0 Å². The Labute approximate surface area is 114 Å². The summed E-state index contributed by atoms with van der Waals surface area (Å²) in [4.78, 5) is 13.6. The number of carbonyl (C=O) groups is 1. The van der Waals surface area contributed by atoms with Crippen LogP contribution in [-0.4, -0.2) is 44.7 Å². The smallest absolute Gasteiger partial charge is 0.248 e. The Balaban J connectivity index is 2.70. The van der Waals surface area contributed by atoms with E-state index in [0.717, 1.165) is 11.3 Å². The molecule has 0 aliphatic heterocycles. The van der Waals surface area contributed by atoms with E-state index in [9.17, 15) is 4.79 Å². The zero-order valence-electron chi connectivity index (χ0n) is 11.8. The number of hydrogen-bond acceptors (Lipinski definition) is 4. The summed E-state index contributed by atoms with van der Waals surface area (Å²) < 4.78 is 10.5. The molecule has 0 spiro atoms. The molecule has 0 saturated heterocycles. The Morgan fingerprint density at radius 2 is 2.11 bits per heavy atom. The van der Waals surface area contributed by atoms with E-state index in [-0.39, 0.29) is 18.6 Å². The number of likely N-dealkylation sites (N-methyl/N-ethyl adjacent to an activating group) is 1. The second kappa shape index (κ2) is 7.76. The number of benzene rings is 1. The number of methoxy groups -OCH3 is 1. The Morgan fingerprint density at radius 3 is 2.74 bits per heavy atom. The first-order valence-electron chi connectivity index (χ1n) is 6.28. The number of nitrogens with zero attached hydrogens (tertiary/aromatic N) is 1. The monoisotopic (exact) mass is 266 g/mol. The lowest BCUT2D eigenvalue weighted by Gasteiger charge is -2.26. The van der Waals surface area contributed by atoms with Gasteiger partial charge in [0.15, 0.2) is 0 Å². The highest BCUT2D eigenvalue weighted by atomic mass is 16.5. The van der Waals surface area contributed by atoms with Crippen molar-refractivity contribution in [1.82, 2.24) is 4.90 Å². The van der Waals surface area contributed by atoms with E-state index < -0.39 is 0 Å². The van der Waals surface area contributed by atoms with Crippen molar-refractivity contribution in [1.29, 1.82) is 0 Å². The Hall–Kier alpha value is -1.59. The molecule has 5 heteroatoms. The number of ether oxygens (including phenoxy) is 2. The molecule has 0 aliphatic carbocycles. The molecule has 1 rings (SSSR count). The Morgan fingerprint density at radius 1 is 1.42 bits per heavy atom. The number of amides is 1. The van der Waals surface area contributed by atoms with Gasteiger partial charge in [0.25, 0.3) is 0 Å². The fourth-order valence-corrected chi connectivity index (χ4v) is 1.78. The third-order valence-electron chi connectivity index (χ3n) is 3.05. The van der Waals surface area contributed by atoms with Gasteiger partial charge in [0.1, 0.15) is 12.4 Å². The highest BCUT2D eigenvalue weighted by Gasteiger charge is 2.19. The minimum atomic E-state index is -0.0786. The van der Waals surface area contributed by atoms with Gasteiger partial charge in [0.05, 0.1) is 19.8 Å². The summed E-state index contributed by atoms with van der Waals surface area (Å²) in [6.07, 6.45) is 0. The lowest BCUT2D eigenvalue weighted by molar-refractivity contribution is -0.136. The fourth-order valence-electron chi connectivity index (χ4n) is 1.78. The second-order valence-electron chi connectivity index (χ2n) is 4.26. The van der Waals surface area contributed by atoms with Gasteiger partial charge in [-0.05, 0) is 13.0 Å². The molecule has 0 saturated carbocycles. The van der Waals surface area contributed by atoms with E-state index in [1.54, 1.807) is 19.1 Å². The van der Waals surface area contributed by atoms with Gasteiger partial charge in [-0.1, -0.05) is 18.2 Å². The molecule has 5 nitrogen and oxygen atoms in total. The lowest BCUT2D eigenvalue weighted by Crippen LogP contribution is -2.33. The summed E-state index contributed by atoms with van der Waals surface area (Å²) in [5.74, 6) is 0.699. The molecule has 2 N–H and O–H groups in total. The van der Waals surface area contributed by atoms with Crippen LogP contribution in [0.25, 0.3) is 0 Å². The summed E-state index contributed by atoms with van der Waals surface area (Å²) in [6, 6.07) is 7.59. The largest absolute Gasteiger partial charge is 0.496 e. The molecule has 1 aromatic rings. The van der Waals surface area contributed by atoms with Gasteiger partial charge in [-0.2, -0.15) is 0 Å². The number of rotatable bonds is 7. The first-order chi connectivity index (χ1) is 9.11. The minimum absolute atomic E-state index is 0.0488. The SMILES string of the molecule is COc1ccccc1C(C)N(C)C(=O)COCCN. The summed E-state index contributed by atoms with van der Waals surface area (Å²) in [7, 11) is 3.38. The lowest BCUT2D eigenvalue weighted by atomic mass is 10.1. The van der Waals surface area contributed by atoms with E-state index in [1.807, 2.05) is 31.2 Å². The van der Waals surface area contributed by atoms with Crippen molar-refractivity contribution in [2.24, 2.45) is 5.73 Å². The number of nitrogens with two attached hydrogens (primary N) is 1. The summed E-state index contributed by atoms with van der Waals surface area (Å²) in [5, 5.41) is 0. The molecule has 0 fully saturated rings. The van der Waals surface area contributed by atoms with Crippen molar-refractivity contribution in [3.05, 3.63) is 29.8 Å². The molecule has 19 heavy (non-hydrogen) atoms. The van der Waals surface area contributed by atoms with E-state index in [1.165, 1.54) is 0 Å². The fraction of sp³-hybridized carbons (Fsp3) is 0.500. The van der Waals surface area contributed by atoms with Crippen LogP contribution in [0.4, 0.5) is 0 Å². The average Bonchev–Trinajstić information content (AvgIpc) is 2.45. The van der Waals surface area contributed by atoms with Crippen molar-refractivity contribution in [2.75, 3.05) is 33.9 Å². The van der Waals surface area contributed by atoms with Crippen LogP contribution >= 0.6 is 0 Å². The van der Waals surface area contributed by atoms with E-state index in [0.29, 0.717) is 13.2 Å². The van der Waals surface area contributed by atoms with Crippen LogP contribution in [0, 0.1) is 0 Å².